The van der Waals surface area contributed by atoms with Crippen molar-refractivity contribution >= 4 is 5.71 Å². The van der Waals surface area contributed by atoms with Crippen molar-refractivity contribution in [2.75, 3.05) is 7.05 Å². The van der Waals surface area contributed by atoms with Crippen LogP contribution in [0, 0.1) is 0 Å². The Morgan fingerprint density at radius 1 is 1.27 bits per heavy atom. The molecule has 0 amide bonds. The molecule has 0 saturated heterocycles. The monoisotopic (exact) mass is 165 g/mol. The molecule has 0 saturated carbocycles. The summed E-state index contributed by atoms with van der Waals surface area (Å²) in [5.41, 5.74) is -0.250. The van der Waals surface area contributed by atoms with E-state index in [1.807, 2.05) is 0 Å². The predicted molar refractivity (Wildman–Crippen MR) is 38.8 cm³/mol. The summed E-state index contributed by atoms with van der Waals surface area (Å²) in [5.74, 6) is 0. The normalized spacial score (nSPS) is 13.1. The topological polar surface area (TPSA) is 12.4 Å². The van der Waals surface area contributed by atoms with Gasteiger partial charge in [-0.15, -0.1) is 0 Å². The van der Waals surface area contributed by atoms with E-state index >= 15 is 0 Å². The quantitative estimate of drug-likeness (QED) is 0.529. The van der Waals surface area contributed by atoms with Crippen LogP contribution in [-0.2, 0) is 0 Å². The standard InChI is InChI=1S/C7H10F3N/c1-5(2)4-6(11-3)7(8,9)10/h4H,1-3H3. The van der Waals surface area contributed by atoms with Gasteiger partial charge in [-0.1, -0.05) is 5.57 Å². The van der Waals surface area contributed by atoms with Crippen molar-refractivity contribution < 1.29 is 13.2 Å². The molecular formula is C7H10F3N. The fourth-order valence-corrected chi connectivity index (χ4v) is 0.547. The predicted octanol–water partition coefficient (Wildman–Crippen LogP) is 2.59. The molecule has 0 aromatic carbocycles. The van der Waals surface area contributed by atoms with Crippen LogP contribution in [0.3, 0.4) is 0 Å². The molecule has 0 fully saturated rings. The molecule has 0 heterocycles. The van der Waals surface area contributed by atoms with Gasteiger partial charge in [-0.05, 0) is 19.9 Å². The van der Waals surface area contributed by atoms with E-state index in [1.165, 1.54) is 0 Å². The Labute approximate surface area is 63.6 Å². The van der Waals surface area contributed by atoms with Crippen LogP contribution in [0.1, 0.15) is 13.8 Å². The summed E-state index contributed by atoms with van der Waals surface area (Å²) in [4.78, 5) is 3.11. The Bertz CT molecular complexity index is 184. The molecule has 0 aromatic heterocycles. The molecule has 0 aliphatic carbocycles. The summed E-state index contributed by atoms with van der Waals surface area (Å²) < 4.78 is 35.7. The van der Waals surface area contributed by atoms with Crippen LogP contribution in [0.25, 0.3) is 0 Å². The second kappa shape index (κ2) is 3.55. The summed E-state index contributed by atoms with van der Waals surface area (Å²) in [6.07, 6.45) is -3.31. The van der Waals surface area contributed by atoms with Crippen molar-refractivity contribution in [1.29, 1.82) is 0 Å². The molecule has 0 bridgehead atoms. The number of hydrogen-bond donors (Lipinski definition) is 0. The number of alkyl halides is 3. The van der Waals surface area contributed by atoms with Crippen LogP contribution in [-0.4, -0.2) is 18.9 Å². The molecule has 0 aliphatic heterocycles. The number of hydrogen-bond acceptors (Lipinski definition) is 1. The Balaban J connectivity index is 4.60. The maximum atomic E-state index is 11.9. The highest BCUT2D eigenvalue weighted by atomic mass is 19.4. The molecule has 0 aliphatic rings. The van der Waals surface area contributed by atoms with E-state index in [-0.39, 0.29) is 0 Å². The highest BCUT2D eigenvalue weighted by Crippen LogP contribution is 2.18. The number of rotatable bonds is 1. The first kappa shape index (κ1) is 10.2. The molecule has 0 unspecified atom stereocenters. The van der Waals surface area contributed by atoms with Gasteiger partial charge in [0, 0.05) is 7.05 Å². The third-order valence-electron chi connectivity index (χ3n) is 0.957. The smallest absolute Gasteiger partial charge is 0.284 e. The van der Waals surface area contributed by atoms with Crippen molar-refractivity contribution in [3.8, 4) is 0 Å². The van der Waals surface area contributed by atoms with Gasteiger partial charge >= 0.3 is 6.18 Å². The second-order valence-corrected chi connectivity index (χ2v) is 2.33. The Morgan fingerprint density at radius 3 is 1.82 bits per heavy atom. The molecular weight excluding hydrogens is 155 g/mol. The van der Waals surface area contributed by atoms with Gasteiger partial charge in [0.2, 0.25) is 0 Å². The summed E-state index contributed by atoms with van der Waals surface area (Å²) in [7, 11) is 1.13. The highest BCUT2D eigenvalue weighted by Gasteiger charge is 2.33. The molecule has 11 heavy (non-hydrogen) atoms. The number of allylic oxidation sites excluding steroid dienone is 2. The average Bonchev–Trinajstić information content (AvgIpc) is 1.79. The number of halogens is 3. The van der Waals surface area contributed by atoms with Crippen molar-refractivity contribution in [1.82, 2.24) is 0 Å². The minimum absolute atomic E-state index is 0.586. The lowest BCUT2D eigenvalue weighted by atomic mass is 10.2. The maximum absolute atomic E-state index is 11.9. The minimum Gasteiger partial charge on any atom is -0.284 e. The highest BCUT2D eigenvalue weighted by molar-refractivity contribution is 5.99. The fourth-order valence-electron chi connectivity index (χ4n) is 0.547. The first-order chi connectivity index (χ1) is 4.88. The summed E-state index contributed by atoms with van der Waals surface area (Å²) in [5, 5.41) is 0. The second-order valence-electron chi connectivity index (χ2n) is 2.33. The maximum Gasteiger partial charge on any atom is 0.432 e. The molecule has 64 valence electrons. The van der Waals surface area contributed by atoms with E-state index in [0.29, 0.717) is 5.57 Å². The molecule has 0 rings (SSSR count). The van der Waals surface area contributed by atoms with Gasteiger partial charge in [0.1, 0.15) is 5.71 Å². The molecule has 1 nitrogen and oxygen atoms in total. The van der Waals surface area contributed by atoms with Crippen LogP contribution < -0.4 is 0 Å². The van der Waals surface area contributed by atoms with Gasteiger partial charge in [-0.25, -0.2) is 0 Å². The SMILES string of the molecule is CN=C(C=C(C)C)C(F)(F)F. The van der Waals surface area contributed by atoms with Gasteiger partial charge in [0.25, 0.3) is 0 Å². The molecule has 0 atom stereocenters. The Kier molecular flexibility index (Phi) is 3.29. The van der Waals surface area contributed by atoms with Gasteiger partial charge < -0.3 is 0 Å². The number of nitrogens with zero attached hydrogens (tertiary/aromatic N) is 1. The van der Waals surface area contributed by atoms with Gasteiger partial charge in [0.05, 0.1) is 0 Å². The zero-order valence-electron chi connectivity index (χ0n) is 6.66. The van der Waals surface area contributed by atoms with Crippen molar-refractivity contribution in [2.45, 2.75) is 20.0 Å². The van der Waals surface area contributed by atoms with E-state index < -0.39 is 11.9 Å². The van der Waals surface area contributed by atoms with E-state index in [9.17, 15) is 13.2 Å². The first-order valence-electron chi connectivity index (χ1n) is 3.07. The zero-order valence-corrected chi connectivity index (χ0v) is 6.66. The third-order valence-corrected chi connectivity index (χ3v) is 0.957. The Hall–Kier alpha value is -0.800. The van der Waals surface area contributed by atoms with Crippen molar-refractivity contribution in [2.24, 2.45) is 4.99 Å². The van der Waals surface area contributed by atoms with Gasteiger partial charge in [0.15, 0.2) is 0 Å². The summed E-state index contributed by atoms with van der Waals surface area (Å²) in [6.45, 7) is 3.19. The average molecular weight is 165 g/mol. The van der Waals surface area contributed by atoms with Gasteiger partial charge in [-0.2, -0.15) is 13.2 Å². The van der Waals surface area contributed by atoms with Crippen LogP contribution in [0.2, 0.25) is 0 Å². The van der Waals surface area contributed by atoms with E-state index in [1.54, 1.807) is 13.8 Å². The fraction of sp³-hybridized carbons (Fsp3) is 0.571. The van der Waals surface area contributed by atoms with E-state index in [0.717, 1.165) is 13.1 Å². The largest absolute Gasteiger partial charge is 0.432 e. The Morgan fingerprint density at radius 2 is 1.73 bits per heavy atom. The first-order valence-corrected chi connectivity index (χ1v) is 3.07. The third kappa shape index (κ3) is 3.80. The lowest BCUT2D eigenvalue weighted by Crippen LogP contribution is -2.20. The molecule has 0 N–H and O–H groups in total. The molecule has 0 aromatic rings. The summed E-state index contributed by atoms with van der Waals surface area (Å²) in [6, 6.07) is 0. The lowest BCUT2D eigenvalue weighted by Gasteiger charge is -2.05. The summed E-state index contributed by atoms with van der Waals surface area (Å²) >= 11 is 0. The van der Waals surface area contributed by atoms with Crippen molar-refractivity contribution in [3.05, 3.63) is 11.6 Å². The van der Waals surface area contributed by atoms with E-state index in [4.69, 9.17) is 0 Å². The van der Waals surface area contributed by atoms with Gasteiger partial charge in [-0.3, -0.25) is 4.99 Å². The molecule has 0 radical (unpaired) electrons. The van der Waals surface area contributed by atoms with E-state index in [2.05, 4.69) is 4.99 Å². The van der Waals surface area contributed by atoms with Crippen LogP contribution in [0.4, 0.5) is 13.2 Å². The minimum atomic E-state index is -4.33. The molecule has 4 heteroatoms. The van der Waals surface area contributed by atoms with Crippen molar-refractivity contribution in [3.63, 3.8) is 0 Å². The van der Waals surface area contributed by atoms with Crippen LogP contribution in [0.15, 0.2) is 16.6 Å². The van der Waals surface area contributed by atoms with Crippen LogP contribution >= 0.6 is 0 Å². The number of aliphatic imine (C=N–C) groups is 1. The van der Waals surface area contributed by atoms with Crippen LogP contribution in [0.5, 0.6) is 0 Å². The molecule has 0 spiro atoms. The lowest BCUT2D eigenvalue weighted by molar-refractivity contribution is -0.0577. The zero-order chi connectivity index (χ0) is 9.07.